The van der Waals surface area contributed by atoms with Gasteiger partial charge >= 0.3 is 6.09 Å². The molecule has 0 saturated carbocycles. The van der Waals surface area contributed by atoms with Crippen molar-refractivity contribution >= 4 is 17.1 Å². The van der Waals surface area contributed by atoms with E-state index in [1.807, 2.05) is 33.8 Å². The summed E-state index contributed by atoms with van der Waals surface area (Å²) in [6.07, 6.45) is 2.26. The molecule has 2 aromatic rings. The smallest absolute Gasteiger partial charge is 0.411 e. The predicted octanol–water partition coefficient (Wildman–Crippen LogP) is 3.26. The molecule has 23 heavy (non-hydrogen) atoms. The zero-order valence-electron chi connectivity index (χ0n) is 14.0. The highest BCUT2D eigenvalue weighted by atomic mass is 16.6. The van der Waals surface area contributed by atoms with Crippen LogP contribution in [0.3, 0.4) is 0 Å². The van der Waals surface area contributed by atoms with Crippen LogP contribution < -0.4 is 5.56 Å². The van der Waals surface area contributed by atoms with E-state index in [-0.39, 0.29) is 11.7 Å². The van der Waals surface area contributed by atoms with E-state index < -0.39 is 5.60 Å². The molecule has 0 fully saturated rings. The van der Waals surface area contributed by atoms with Gasteiger partial charge in [0, 0.05) is 18.3 Å². The normalized spacial score (nSPS) is 14.3. The fraction of sp³-hybridized carbons (Fsp3) is 0.529. The van der Waals surface area contributed by atoms with Gasteiger partial charge in [-0.05, 0) is 33.3 Å². The van der Waals surface area contributed by atoms with Crippen LogP contribution in [0.2, 0.25) is 0 Å². The number of amides is 1. The molecule has 124 valence electrons. The van der Waals surface area contributed by atoms with Crippen molar-refractivity contribution in [3.63, 3.8) is 0 Å². The maximum Gasteiger partial charge on any atom is 0.411 e. The van der Waals surface area contributed by atoms with Gasteiger partial charge in [0.1, 0.15) is 16.9 Å². The zero-order valence-corrected chi connectivity index (χ0v) is 14.0. The molecule has 1 aliphatic heterocycles. The fourth-order valence-electron chi connectivity index (χ4n) is 2.84. The van der Waals surface area contributed by atoms with Crippen molar-refractivity contribution in [2.45, 2.75) is 59.4 Å². The van der Waals surface area contributed by atoms with Crippen LogP contribution in [0.5, 0.6) is 0 Å². The van der Waals surface area contributed by atoms with E-state index >= 15 is 0 Å². The molecule has 0 unspecified atom stereocenters. The minimum absolute atomic E-state index is 0.0552. The monoisotopic (exact) mass is 318 g/mol. The highest BCUT2D eigenvalue weighted by Crippen LogP contribution is 2.32. The van der Waals surface area contributed by atoms with Gasteiger partial charge in [0.25, 0.3) is 5.56 Å². The maximum absolute atomic E-state index is 12.6. The van der Waals surface area contributed by atoms with Crippen LogP contribution in [0.25, 0.3) is 11.0 Å². The highest BCUT2D eigenvalue weighted by molar-refractivity contribution is 5.83. The molecular weight excluding hydrogens is 296 g/mol. The molecule has 0 atom stereocenters. The molecule has 0 saturated heterocycles. The average Bonchev–Trinajstić information content (AvgIpc) is 2.97. The first-order valence-corrected chi connectivity index (χ1v) is 7.92. The van der Waals surface area contributed by atoms with Crippen molar-refractivity contribution < 1.29 is 13.9 Å². The number of furan rings is 1. The van der Waals surface area contributed by atoms with Crippen molar-refractivity contribution in [2.75, 3.05) is 0 Å². The Labute approximate surface area is 134 Å². The second-order valence-corrected chi connectivity index (χ2v) is 6.89. The highest BCUT2D eigenvalue weighted by Gasteiger charge is 2.32. The van der Waals surface area contributed by atoms with Gasteiger partial charge in [-0.15, -0.1) is 0 Å². The third kappa shape index (κ3) is 2.85. The van der Waals surface area contributed by atoms with Gasteiger partial charge in [0.05, 0.1) is 18.5 Å². The summed E-state index contributed by atoms with van der Waals surface area (Å²) in [5, 5.41) is 0.585. The van der Waals surface area contributed by atoms with Gasteiger partial charge in [-0.1, -0.05) is 6.92 Å². The number of aryl methyl sites for hydroxylation is 1. The summed E-state index contributed by atoms with van der Waals surface area (Å²) in [5.74, 6) is 0.678. The number of carbonyl (C=O) groups excluding carboxylic acids is 1. The lowest BCUT2D eigenvalue weighted by molar-refractivity contribution is 0.0235. The molecule has 2 aromatic heterocycles. The Hall–Kier alpha value is -2.24. The van der Waals surface area contributed by atoms with Crippen molar-refractivity contribution in [2.24, 2.45) is 0 Å². The number of hydrogen-bond acceptors (Lipinski definition) is 4. The number of fused-ring (bicyclic) bond motifs is 3. The molecule has 0 N–H and O–H groups in total. The average molecular weight is 318 g/mol. The van der Waals surface area contributed by atoms with Gasteiger partial charge in [-0.2, -0.15) is 0 Å². The molecule has 3 heterocycles. The molecule has 3 rings (SSSR count). The Morgan fingerprint density at radius 3 is 2.74 bits per heavy atom. The molecule has 0 radical (unpaired) electrons. The van der Waals surface area contributed by atoms with Gasteiger partial charge < -0.3 is 13.7 Å². The molecule has 1 amide bonds. The number of hydrogen-bond donors (Lipinski definition) is 0. The Bertz CT molecular complexity index is 810. The van der Waals surface area contributed by atoms with Crippen molar-refractivity contribution in [3.8, 4) is 0 Å². The van der Waals surface area contributed by atoms with E-state index in [1.54, 1.807) is 15.7 Å². The number of nitrogens with zero attached hydrogens (tertiary/aromatic N) is 2. The molecule has 6 nitrogen and oxygen atoms in total. The molecule has 0 bridgehead atoms. The van der Waals surface area contributed by atoms with E-state index in [9.17, 15) is 9.59 Å². The summed E-state index contributed by atoms with van der Waals surface area (Å²) < 4.78 is 12.8. The van der Waals surface area contributed by atoms with Crippen LogP contribution in [-0.4, -0.2) is 21.2 Å². The third-order valence-corrected chi connectivity index (χ3v) is 3.80. The van der Waals surface area contributed by atoms with E-state index in [2.05, 4.69) is 0 Å². The number of ether oxygens (including phenoxy) is 1. The summed E-state index contributed by atoms with van der Waals surface area (Å²) in [5.41, 5.74) is 0.800. The molecule has 0 spiro atoms. The van der Waals surface area contributed by atoms with Gasteiger partial charge in [0.2, 0.25) is 0 Å². The largest absolute Gasteiger partial charge is 0.459 e. The first-order valence-electron chi connectivity index (χ1n) is 7.92. The quantitative estimate of drug-likeness (QED) is 0.852. The SMILES string of the molecule is CCCn1ccc2oc3c(c2c1=O)CN(C(=O)OC(C)(C)C)C3. The number of aromatic nitrogens is 1. The summed E-state index contributed by atoms with van der Waals surface area (Å²) >= 11 is 0. The zero-order chi connectivity index (χ0) is 16.8. The topological polar surface area (TPSA) is 64.7 Å². The van der Waals surface area contributed by atoms with Crippen LogP contribution in [0.4, 0.5) is 4.79 Å². The standard InChI is InChI=1S/C17H22N2O4/c1-5-7-18-8-6-12-14(15(18)20)11-9-19(10-13(11)22-12)16(21)23-17(2,3)4/h6,8H,5,7,9-10H2,1-4H3. The Morgan fingerprint density at radius 2 is 2.09 bits per heavy atom. The molecule has 0 aromatic carbocycles. The number of rotatable bonds is 2. The summed E-state index contributed by atoms with van der Waals surface area (Å²) in [4.78, 5) is 26.4. The number of carbonyl (C=O) groups is 1. The molecule has 1 aliphatic rings. The lowest BCUT2D eigenvalue weighted by atomic mass is 10.2. The van der Waals surface area contributed by atoms with Gasteiger partial charge in [-0.25, -0.2) is 4.79 Å². The number of pyridine rings is 1. The van der Waals surface area contributed by atoms with Gasteiger partial charge in [0.15, 0.2) is 0 Å². The van der Waals surface area contributed by atoms with Gasteiger partial charge in [-0.3, -0.25) is 9.69 Å². The maximum atomic E-state index is 12.6. The lowest BCUT2D eigenvalue weighted by Gasteiger charge is -2.24. The molecule has 0 aliphatic carbocycles. The predicted molar refractivity (Wildman–Crippen MR) is 86.2 cm³/mol. The Morgan fingerprint density at radius 1 is 1.35 bits per heavy atom. The summed E-state index contributed by atoms with van der Waals surface area (Å²) in [6.45, 7) is 8.88. The first kappa shape index (κ1) is 15.6. The van der Waals surface area contributed by atoms with Crippen LogP contribution in [0, 0.1) is 0 Å². The summed E-state index contributed by atoms with van der Waals surface area (Å²) in [6, 6.07) is 1.82. The van der Waals surface area contributed by atoms with Crippen LogP contribution in [0.15, 0.2) is 21.5 Å². The minimum atomic E-state index is -0.545. The van der Waals surface area contributed by atoms with Crippen molar-refractivity contribution in [1.82, 2.24) is 9.47 Å². The van der Waals surface area contributed by atoms with Crippen LogP contribution >= 0.6 is 0 Å². The first-order chi connectivity index (χ1) is 10.8. The lowest BCUT2D eigenvalue weighted by Crippen LogP contribution is -2.33. The van der Waals surface area contributed by atoms with Crippen molar-refractivity contribution in [3.05, 3.63) is 33.9 Å². The minimum Gasteiger partial charge on any atom is -0.459 e. The summed E-state index contributed by atoms with van der Waals surface area (Å²) in [7, 11) is 0. The van der Waals surface area contributed by atoms with Crippen LogP contribution in [-0.2, 0) is 24.4 Å². The van der Waals surface area contributed by atoms with E-state index in [0.29, 0.717) is 36.4 Å². The van der Waals surface area contributed by atoms with E-state index in [4.69, 9.17) is 9.15 Å². The van der Waals surface area contributed by atoms with Crippen LogP contribution in [0.1, 0.15) is 45.4 Å². The second-order valence-electron chi connectivity index (χ2n) is 6.89. The Balaban J connectivity index is 1.93. The van der Waals surface area contributed by atoms with E-state index in [0.717, 1.165) is 12.0 Å². The molecule has 6 heteroatoms. The second kappa shape index (κ2) is 5.44. The van der Waals surface area contributed by atoms with Crippen molar-refractivity contribution in [1.29, 1.82) is 0 Å². The third-order valence-electron chi connectivity index (χ3n) is 3.80. The fourth-order valence-corrected chi connectivity index (χ4v) is 2.84. The Kier molecular flexibility index (Phi) is 3.70. The molecular formula is C17H22N2O4. The van der Waals surface area contributed by atoms with E-state index in [1.165, 1.54) is 0 Å².